The molecule has 0 unspecified atom stereocenters. The highest BCUT2D eigenvalue weighted by atomic mass is 127. The van der Waals surface area contributed by atoms with E-state index in [9.17, 15) is 9.18 Å². The monoisotopic (exact) mass is 390 g/mol. The van der Waals surface area contributed by atoms with Crippen LogP contribution in [0, 0.1) is 9.39 Å². The molecule has 0 bridgehead atoms. The Morgan fingerprint density at radius 3 is 2.63 bits per heavy atom. The van der Waals surface area contributed by atoms with Gasteiger partial charge in [0, 0.05) is 14.3 Å². The zero-order valence-electron chi connectivity index (χ0n) is 9.58. The molecule has 0 aliphatic carbocycles. The molecular formula is C13H9ClFIN2O. The molecule has 0 aliphatic heterocycles. The van der Waals surface area contributed by atoms with Crippen LogP contribution < -0.4 is 11.1 Å². The molecular weight excluding hydrogens is 382 g/mol. The van der Waals surface area contributed by atoms with Crippen molar-refractivity contribution in [2.45, 2.75) is 0 Å². The van der Waals surface area contributed by atoms with Crippen LogP contribution in [0.3, 0.4) is 0 Å². The normalized spacial score (nSPS) is 10.3. The van der Waals surface area contributed by atoms with Gasteiger partial charge in [-0.25, -0.2) is 4.39 Å². The van der Waals surface area contributed by atoms with E-state index in [1.807, 2.05) is 22.6 Å². The minimum absolute atomic E-state index is 0.294. The third-order valence-corrected chi connectivity index (χ3v) is 3.57. The Hall–Kier alpha value is -1.34. The molecule has 0 saturated carbocycles. The lowest BCUT2D eigenvalue weighted by molar-refractivity contribution is 0.102. The zero-order valence-corrected chi connectivity index (χ0v) is 12.5. The summed E-state index contributed by atoms with van der Waals surface area (Å²) in [6.07, 6.45) is 0. The highest BCUT2D eigenvalue weighted by Crippen LogP contribution is 2.22. The molecule has 0 heterocycles. The molecule has 1 amide bonds. The molecule has 0 spiro atoms. The lowest BCUT2D eigenvalue weighted by Crippen LogP contribution is -2.14. The first-order valence-corrected chi connectivity index (χ1v) is 6.74. The van der Waals surface area contributed by atoms with Crippen molar-refractivity contribution in [1.29, 1.82) is 0 Å². The summed E-state index contributed by atoms with van der Waals surface area (Å²) in [6, 6.07) is 8.75. The third-order valence-electron chi connectivity index (χ3n) is 2.44. The van der Waals surface area contributed by atoms with Crippen LogP contribution in [-0.2, 0) is 0 Å². The molecule has 0 atom stereocenters. The predicted molar refractivity (Wildman–Crippen MR) is 82.9 cm³/mol. The molecule has 0 radical (unpaired) electrons. The van der Waals surface area contributed by atoms with E-state index >= 15 is 0 Å². The average molecular weight is 391 g/mol. The van der Waals surface area contributed by atoms with Crippen molar-refractivity contribution in [3.8, 4) is 0 Å². The number of benzene rings is 2. The number of amides is 1. The van der Waals surface area contributed by atoms with Gasteiger partial charge in [-0.15, -0.1) is 0 Å². The number of nitrogens with one attached hydrogen (secondary N) is 1. The summed E-state index contributed by atoms with van der Waals surface area (Å²) in [6.45, 7) is 0. The summed E-state index contributed by atoms with van der Waals surface area (Å²) in [5.41, 5.74) is 6.88. The van der Waals surface area contributed by atoms with E-state index in [1.54, 1.807) is 12.1 Å². The predicted octanol–water partition coefficient (Wildman–Crippen LogP) is 3.92. The molecule has 0 aromatic heterocycles. The Balaban J connectivity index is 2.25. The van der Waals surface area contributed by atoms with Gasteiger partial charge >= 0.3 is 0 Å². The van der Waals surface area contributed by atoms with E-state index in [2.05, 4.69) is 5.32 Å². The van der Waals surface area contributed by atoms with Crippen molar-refractivity contribution in [3.05, 3.63) is 56.4 Å². The maximum absolute atomic E-state index is 13.0. The van der Waals surface area contributed by atoms with Gasteiger partial charge in [0.2, 0.25) is 0 Å². The summed E-state index contributed by atoms with van der Waals surface area (Å²) in [5, 5.41) is 3.14. The maximum atomic E-state index is 13.0. The second kappa shape index (κ2) is 5.75. The Bertz CT molecular complexity index is 649. The number of rotatable bonds is 2. The van der Waals surface area contributed by atoms with Gasteiger partial charge in [-0.2, -0.15) is 0 Å². The van der Waals surface area contributed by atoms with E-state index < -0.39 is 0 Å². The van der Waals surface area contributed by atoms with Crippen LogP contribution in [0.4, 0.5) is 15.8 Å². The fourth-order valence-corrected chi connectivity index (χ4v) is 2.31. The largest absolute Gasteiger partial charge is 0.398 e. The highest BCUT2D eigenvalue weighted by molar-refractivity contribution is 14.1. The second-order valence-corrected chi connectivity index (χ2v) is 5.41. The summed E-state index contributed by atoms with van der Waals surface area (Å²) in [4.78, 5) is 12.1. The molecule has 98 valence electrons. The molecule has 0 saturated heterocycles. The van der Waals surface area contributed by atoms with Crippen LogP contribution >= 0.6 is 34.2 Å². The Morgan fingerprint density at radius 1 is 1.26 bits per heavy atom. The quantitative estimate of drug-likeness (QED) is 0.603. The maximum Gasteiger partial charge on any atom is 0.257 e. The number of nitrogen functional groups attached to an aromatic ring is 1. The number of carbonyl (C=O) groups excluding carboxylic acids is 1. The van der Waals surface area contributed by atoms with E-state index in [0.717, 1.165) is 0 Å². The molecule has 19 heavy (non-hydrogen) atoms. The van der Waals surface area contributed by atoms with Gasteiger partial charge < -0.3 is 11.1 Å². The minimum atomic E-state index is -0.362. The van der Waals surface area contributed by atoms with Crippen molar-refractivity contribution in [3.63, 3.8) is 0 Å². The lowest BCUT2D eigenvalue weighted by Gasteiger charge is -2.09. The number of carbonyl (C=O) groups is 1. The summed E-state index contributed by atoms with van der Waals surface area (Å²) in [7, 11) is 0. The standard InChI is InChI=1S/C13H9ClFIN2O/c14-7-1-3-9(11(17)5-7)13(19)18-12-4-2-8(15)6-10(12)16/h1-6H,17H2,(H,18,19). The fourth-order valence-electron chi connectivity index (χ4n) is 1.52. The first-order valence-electron chi connectivity index (χ1n) is 5.29. The van der Waals surface area contributed by atoms with Crippen LogP contribution in [0.5, 0.6) is 0 Å². The molecule has 6 heteroatoms. The Labute approximate surface area is 128 Å². The third kappa shape index (κ3) is 3.36. The zero-order chi connectivity index (χ0) is 14.0. The van der Waals surface area contributed by atoms with Crippen molar-refractivity contribution in [1.82, 2.24) is 0 Å². The number of halogens is 3. The fraction of sp³-hybridized carbons (Fsp3) is 0. The van der Waals surface area contributed by atoms with Gasteiger partial charge in [0.05, 0.1) is 11.3 Å². The Kier molecular flexibility index (Phi) is 4.26. The van der Waals surface area contributed by atoms with E-state index in [4.69, 9.17) is 17.3 Å². The van der Waals surface area contributed by atoms with Gasteiger partial charge in [-0.1, -0.05) is 11.6 Å². The number of hydrogen-bond donors (Lipinski definition) is 2. The molecule has 2 rings (SSSR count). The molecule has 0 aliphatic rings. The van der Waals surface area contributed by atoms with Crippen molar-refractivity contribution in [2.75, 3.05) is 11.1 Å². The highest BCUT2D eigenvalue weighted by Gasteiger charge is 2.12. The topological polar surface area (TPSA) is 55.1 Å². The van der Waals surface area contributed by atoms with Gasteiger partial charge in [-0.3, -0.25) is 4.79 Å². The van der Waals surface area contributed by atoms with Crippen LogP contribution in [0.1, 0.15) is 10.4 Å². The van der Waals surface area contributed by atoms with Gasteiger partial charge in [0.25, 0.3) is 5.91 Å². The average Bonchev–Trinajstić information content (AvgIpc) is 2.32. The lowest BCUT2D eigenvalue weighted by atomic mass is 10.1. The number of hydrogen-bond acceptors (Lipinski definition) is 2. The van der Waals surface area contributed by atoms with Gasteiger partial charge in [0.15, 0.2) is 0 Å². The van der Waals surface area contributed by atoms with Crippen LogP contribution in [0.2, 0.25) is 5.02 Å². The Morgan fingerprint density at radius 2 is 2.00 bits per heavy atom. The number of anilines is 2. The second-order valence-electron chi connectivity index (χ2n) is 3.81. The SMILES string of the molecule is Nc1cc(Cl)ccc1C(=O)Nc1ccc(F)cc1I. The summed E-state index contributed by atoms with van der Waals surface area (Å²) < 4.78 is 13.6. The molecule has 3 N–H and O–H groups in total. The van der Waals surface area contributed by atoms with Crippen LogP contribution in [0.15, 0.2) is 36.4 Å². The van der Waals surface area contributed by atoms with E-state index in [-0.39, 0.29) is 11.7 Å². The van der Waals surface area contributed by atoms with Gasteiger partial charge in [-0.05, 0) is 59.0 Å². The molecule has 2 aromatic rings. The minimum Gasteiger partial charge on any atom is -0.398 e. The van der Waals surface area contributed by atoms with E-state index in [0.29, 0.717) is 25.5 Å². The smallest absolute Gasteiger partial charge is 0.257 e. The van der Waals surface area contributed by atoms with Crippen molar-refractivity contribution >= 4 is 51.5 Å². The molecule has 0 fully saturated rings. The van der Waals surface area contributed by atoms with Crippen molar-refractivity contribution in [2.24, 2.45) is 0 Å². The molecule has 2 aromatic carbocycles. The molecule has 3 nitrogen and oxygen atoms in total. The van der Waals surface area contributed by atoms with E-state index in [1.165, 1.54) is 24.3 Å². The first-order chi connectivity index (χ1) is 8.97. The summed E-state index contributed by atoms with van der Waals surface area (Å²) in [5.74, 6) is -0.716. The van der Waals surface area contributed by atoms with Crippen LogP contribution in [-0.4, -0.2) is 5.91 Å². The summed E-state index contributed by atoms with van der Waals surface area (Å²) >= 11 is 7.72. The van der Waals surface area contributed by atoms with Crippen molar-refractivity contribution < 1.29 is 9.18 Å². The van der Waals surface area contributed by atoms with Gasteiger partial charge in [0.1, 0.15) is 5.82 Å². The first kappa shape index (κ1) is 14.1. The number of nitrogens with two attached hydrogens (primary N) is 1. The van der Waals surface area contributed by atoms with Crippen LogP contribution in [0.25, 0.3) is 0 Å².